The van der Waals surface area contributed by atoms with Crippen molar-refractivity contribution in [1.82, 2.24) is 4.98 Å². The summed E-state index contributed by atoms with van der Waals surface area (Å²) in [5.41, 5.74) is 4.19. The van der Waals surface area contributed by atoms with Crippen molar-refractivity contribution in [2.75, 3.05) is 0 Å². The Hall–Kier alpha value is -2.29. The number of carbonyl (C=O) groups excluding carboxylic acids is 1. The maximum Gasteiger partial charge on any atom is 0.178 e. The SMILES string of the molecule is CCc1ccccc1/N=C(\C)c1cccc(C(C)=O)n1. The molecule has 20 heavy (non-hydrogen) atoms. The minimum absolute atomic E-state index is 0.0337. The highest BCUT2D eigenvalue weighted by Gasteiger charge is 2.05. The molecule has 1 aromatic carbocycles. The molecule has 0 amide bonds. The number of carbonyl (C=O) groups is 1. The molecule has 0 radical (unpaired) electrons. The second-order valence-electron chi connectivity index (χ2n) is 4.64. The molecule has 0 unspecified atom stereocenters. The van der Waals surface area contributed by atoms with Crippen molar-refractivity contribution in [3.63, 3.8) is 0 Å². The van der Waals surface area contributed by atoms with Crippen LogP contribution < -0.4 is 0 Å². The summed E-state index contributed by atoms with van der Waals surface area (Å²) < 4.78 is 0. The number of nitrogens with zero attached hydrogens (tertiary/aromatic N) is 2. The Labute approximate surface area is 119 Å². The van der Waals surface area contributed by atoms with E-state index in [0.29, 0.717) is 5.69 Å². The number of para-hydroxylation sites is 1. The average molecular weight is 266 g/mol. The van der Waals surface area contributed by atoms with E-state index >= 15 is 0 Å². The number of aryl methyl sites for hydroxylation is 1. The molecule has 0 N–H and O–H groups in total. The molecular formula is C17H18N2O. The van der Waals surface area contributed by atoms with E-state index in [1.807, 2.05) is 37.3 Å². The molecule has 2 aromatic rings. The van der Waals surface area contributed by atoms with E-state index in [9.17, 15) is 4.79 Å². The molecule has 0 fully saturated rings. The van der Waals surface area contributed by atoms with Gasteiger partial charge in [0, 0.05) is 6.92 Å². The fraction of sp³-hybridized carbons (Fsp3) is 0.235. The first-order valence-electron chi connectivity index (χ1n) is 6.73. The molecule has 0 saturated heterocycles. The lowest BCUT2D eigenvalue weighted by Gasteiger charge is -2.05. The van der Waals surface area contributed by atoms with Crippen LogP contribution in [-0.4, -0.2) is 16.5 Å². The van der Waals surface area contributed by atoms with Crippen LogP contribution in [0.3, 0.4) is 0 Å². The maximum atomic E-state index is 11.4. The van der Waals surface area contributed by atoms with Crippen molar-refractivity contribution < 1.29 is 4.79 Å². The molecule has 0 saturated carbocycles. The third-order valence-corrected chi connectivity index (χ3v) is 3.14. The molecule has 0 spiro atoms. The van der Waals surface area contributed by atoms with Gasteiger partial charge in [-0.1, -0.05) is 31.2 Å². The summed E-state index contributed by atoms with van der Waals surface area (Å²) in [6.07, 6.45) is 0.938. The minimum Gasteiger partial charge on any atom is -0.293 e. The van der Waals surface area contributed by atoms with Crippen LogP contribution in [-0.2, 0) is 6.42 Å². The van der Waals surface area contributed by atoms with Gasteiger partial charge in [-0.15, -0.1) is 0 Å². The number of Topliss-reactive ketones (excluding diaryl/α,β-unsaturated/α-hetero) is 1. The van der Waals surface area contributed by atoms with Crippen molar-refractivity contribution >= 4 is 17.2 Å². The molecule has 0 aliphatic heterocycles. The van der Waals surface area contributed by atoms with E-state index < -0.39 is 0 Å². The van der Waals surface area contributed by atoms with Crippen LogP contribution in [0.4, 0.5) is 5.69 Å². The number of rotatable bonds is 4. The Bertz CT molecular complexity index is 660. The van der Waals surface area contributed by atoms with Gasteiger partial charge < -0.3 is 0 Å². The summed E-state index contributed by atoms with van der Waals surface area (Å²) in [5.74, 6) is -0.0337. The van der Waals surface area contributed by atoms with Gasteiger partial charge in [0.1, 0.15) is 5.69 Å². The van der Waals surface area contributed by atoms with Crippen molar-refractivity contribution in [3.8, 4) is 0 Å². The third-order valence-electron chi connectivity index (χ3n) is 3.14. The van der Waals surface area contributed by atoms with Gasteiger partial charge in [0.25, 0.3) is 0 Å². The highest BCUT2D eigenvalue weighted by Crippen LogP contribution is 2.20. The van der Waals surface area contributed by atoms with E-state index in [0.717, 1.165) is 23.5 Å². The van der Waals surface area contributed by atoms with Crippen LogP contribution in [0.25, 0.3) is 0 Å². The zero-order valence-corrected chi connectivity index (χ0v) is 12.1. The molecule has 3 nitrogen and oxygen atoms in total. The Morgan fingerprint density at radius 1 is 1.05 bits per heavy atom. The summed E-state index contributed by atoms with van der Waals surface area (Å²) in [4.78, 5) is 20.4. The van der Waals surface area contributed by atoms with Gasteiger partial charge in [0.15, 0.2) is 5.78 Å². The zero-order chi connectivity index (χ0) is 14.5. The first kappa shape index (κ1) is 14.1. The van der Waals surface area contributed by atoms with E-state index in [1.165, 1.54) is 12.5 Å². The summed E-state index contributed by atoms with van der Waals surface area (Å²) in [6, 6.07) is 13.5. The highest BCUT2D eigenvalue weighted by molar-refractivity contribution is 6.00. The normalized spacial score (nSPS) is 11.4. The second-order valence-corrected chi connectivity index (χ2v) is 4.64. The minimum atomic E-state index is -0.0337. The van der Waals surface area contributed by atoms with Crippen molar-refractivity contribution in [2.45, 2.75) is 27.2 Å². The van der Waals surface area contributed by atoms with Crippen LogP contribution in [0.2, 0.25) is 0 Å². The molecule has 1 aromatic heterocycles. The van der Waals surface area contributed by atoms with Crippen molar-refractivity contribution in [1.29, 1.82) is 0 Å². The van der Waals surface area contributed by atoms with E-state index in [1.54, 1.807) is 6.07 Å². The number of hydrogen-bond acceptors (Lipinski definition) is 3. The Kier molecular flexibility index (Phi) is 4.41. The Morgan fingerprint density at radius 3 is 2.45 bits per heavy atom. The monoisotopic (exact) mass is 266 g/mol. The predicted octanol–water partition coefficient (Wildman–Crippen LogP) is 3.99. The Balaban J connectivity index is 2.40. The number of aromatic nitrogens is 1. The van der Waals surface area contributed by atoms with Crippen LogP contribution in [0.5, 0.6) is 0 Å². The Morgan fingerprint density at radius 2 is 1.75 bits per heavy atom. The first-order chi connectivity index (χ1) is 9.61. The quantitative estimate of drug-likeness (QED) is 0.620. The molecule has 0 atom stereocenters. The van der Waals surface area contributed by atoms with Gasteiger partial charge in [0.05, 0.1) is 17.1 Å². The number of aliphatic imine (C=N–C) groups is 1. The van der Waals surface area contributed by atoms with Crippen molar-refractivity contribution in [3.05, 3.63) is 59.4 Å². The van der Waals surface area contributed by atoms with Crippen molar-refractivity contribution in [2.24, 2.45) is 4.99 Å². The number of pyridine rings is 1. The first-order valence-corrected chi connectivity index (χ1v) is 6.73. The van der Waals surface area contributed by atoms with Gasteiger partial charge in [-0.2, -0.15) is 0 Å². The second kappa shape index (κ2) is 6.24. The van der Waals surface area contributed by atoms with E-state index in [2.05, 4.69) is 23.0 Å². The van der Waals surface area contributed by atoms with Crippen LogP contribution in [0, 0.1) is 0 Å². The topological polar surface area (TPSA) is 42.3 Å². The smallest absolute Gasteiger partial charge is 0.178 e. The summed E-state index contributed by atoms with van der Waals surface area (Å²) >= 11 is 0. The van der Waals surface area contributed by atoms with Gasteiger partial charge in [-0.3, -0.25) is 9.79 Å². The molecule has 2 rings (SSSR count). The highest BCUT2D eigenvalue weighted by atomic mass is 16.1. The number of ketones is 1. The van der Waals surface area contributed by atoms with Crippen LogP contribution in [0.15, 0.2) is 47.5 Å². The van der Waals surface area contributed by atoms with Gasteiger partial charge in [-0.05, 0) is 37.1 Å². The predicted molar refractivity (Wildman–Crippen MR) is 81.9 cm³/mol. The van der Waals surface area contributed by atoms with E-state index in [4.69, 9.17) is 0 Å². The lowest BCUT2D eigenvalue weighted by Crippen LogP contribution is -2.04. The third kappa shape index (κ3) is 3.18. The fourth-order valence-electron chi connectivity index (χ4n) is 1.99. The lowest BCUT2D eigenvalue weighted by molar-refractivity contribution is 0.101. The molecular weight excluding hydrogens is 248 g/mol. The zero-order valence-electron chi connectivity index (χ0n) is 12.1. The molecule has 0 aliphatic rings. The fourth-order valence-corrected chi connectivity index (χ4v) is 1.99. The van der Waals surface area contributed by atoms with Crippen LogP contribution >= 0.6 is 0 Å². The number of benzene rings is 1. The molecule has 0 aliphatic carbocycles. The van der Waals surface area contributed by atoms with Crippen LogP contribution in [0.1, 0.15) is 42.5 Å². The largest absolute Gasteiger partial charge is 0.293 e. The van der Waals surface area contributed by atoms with Gasteiger partial charge >= 0.3 is 0 Å². The number of hydrogen-bond donors (Lipinski definition) is 0. The van der Waals surface area contributed by atoms with Gasteiger partial charge in [0.2, 0.25) is 0 Å². The molecule has 1 heterocycles. The standard InChI is InChI=1S/C17H18N2O/c1-4-14-8-5-6-9-17(14)18-12(2)15-10-7-11-16(19-15)13(3)20/h5-11H,4H2,1-3H3/b18-12+. The lowest BCUT2D eigenvalue weighted by atomic mass is 10.1. The van der Waals surface area contributed by atoms with E-state index in [-0.39, 0.29) is 5.78 Å². The molecule has 0 bridgehead atoms. The van der Waals surface area contributed by atoms with Gasteiger partial charge in [-0.25, -0.2) is 4.98 Å². The maximum absolute atomic E-state index is 11.4. The summed E-state index contributed by atoms with van der Waals surface area (Å²) in [5, 5.41) is 0. The molecule has 102 valence electrons. The molecule has 3 heteroatoms. The summed E-state index contributed by atoms with van der Waals surface area (Å²) in [6.45, 7) is 5.54. The summed E-state index contributed by atoms with van der Waals surface area (Å²) in [7, 11) is 0. The average Bonchev–Trinajstić information content (AvgIpc) is 2.48.